The minimum absolute atomic E-state index is 0.383. The average Bonchev–Trinajstić information content (AvgIpc) is 2.53. The molecule has 0 fully saturated rings. The maximum atomic E-state index is 8.84. The van der Waals surface area contributed by atoms with Crippen molar-refractivity contribution in [1.82, 2.24) is 9.55 Å². The molecule has 1 aromatic heterocycles. The third-order valence-corrected chi connectivity index (χ3v) is 4.48. The van der Waals surface area contributed by atoms with Crippen molar-refractivity contribution >= 4 is 24.0 Å². The molecule has 88 valence electrons. The highest BCUT2D eigenvalue weighted by atomic mass is 79.9. The predicted octanol–water partition coefficient (Wildman–Crippen LogP) is 2.83. The third-order valence-electron chi connectivity index (χ3n) is 2.14. The molecule has 1 rings (SSSR count). The van der Waals surface area contributed by atoms with Crippen LogP contribution in [0.2, 0.25) is 25.7 Å². The first-order chi connectivity index (χ1) is 7.44. The van der Waals surface area contributed by atoms with E-state index in [9.17, 15) is 0 Å². The van der Waals surface area contributed by atoms with Crippen LogP contribution in [0.1, 0.15) is 5.69 Å². The normalized spacial score (nSPS) is 11.4. The van der Waals surface area contributed by atoms with E-state index in [0.29, 0.717) is 17.2 Å². The molecule has 0 unspecified atom stereocenters. The minimum Gasteiger partial charge on any atom is -0.361 e. The van der Waals surface area contributed by atoms with Gasteiger partial charge in [-0.05, 0) is 22.0 Å². The summed E-state index contributed by atoms with van der Waals surface area (Å²) in [5.41, 5.74) is 0.514. The van der Waals surface area contributed by atoms with Crippen molar-refractivity contribution in [3.63, 3.8) is 0 Å². The summed E-state index contributed by atoms with van der Waals surface area (Å²) >= 11 is 3.28. The SMILES string of the molecule is C[Si](C)(C)CCOCn1c(C#N)cnc1Br. The van der Waals surface area contributed by atoms with Gasteiger partial charge in [-0.25, -0.2) is 4.98 Å². The molecule has 1 heterocycles. The van der Waals surface area contributed by atoms with E-state index in [2.05, 4.69) is 46.6 Å². The standard InChI is InChI=1S/C10H16BrN3OSi/c1-16(2,3)5-4-15-8-14-9(6-12)7-13-10(14)11/h7H,4-5,8H2,1-3H3. The Balaban J connectivity index is 2.44. The van der Waals surface area contributed by atoms with Gasteiger partial charge in [0.2, 0.25) is 0 Å². The molecule has 0 saturated heterocycles. The smallest absolute Gasteiger partial charge is 0.180 e. The summed E-state index contributed by atoms with van der Waals surface area (Å²) in [6, 6.07) is 3.20. The number of nitriles is 1. The van der Waals surface area contributed by atoms with Crippen molar-refractivity contribution in [1.29, 1.82) is 5.26 Å². The lowest BCUT2D eigenvalue weighted by Crippen LogP contribution is -2.22. The molecule has 4 nitrogen and oxygen atoms in total. The van der Waals surface area contributed by atoms with Crippen molar-refractivity contribution in [3.8, 4) is 6.07 Å². The topological polar surface area (TPSA) is 50.8 Å². The van der Waals surface area contributed by atoms with E-state index < -0.39 is 8.07 Å². The van der Waals surface area contributed by atoms with Crippen molar-refractivity contribution < 1.29 is 4.74 Å². The summed E-state index contributed by atoms with van der Waals surface area (Å²) in [7, 11) is -1.04. The van der Waals surface area contributed by atoms with E-state index in [4.69, 9.17) is 10.00 Å². The van der Waals surface area contributed by atoms with Crippen molar-refractivity contribution in [2.24, 2.45) is 0 Å². The van der Waals surface area contributed by atoms with E-state index >= 15 is 0 Å². The maximum Gasteiger partial charge on any atom is 0.180 e. The Morgan fingerprint density at radius 1 is 1.56 bits per heavy atom. The number of nitrogens with zero attached hydrogens (tertiary/aromatic N) is 3. The number of hydrogen-bond acceptors (Lipinski definition) is 3. The highest BCUT2D eigenvalue weighted by Crippen LogP contribution is 2.12. The second kappa shape index (κ2) is 5.62. The molecule has 0 N–H and O–H groups in total. The van der Waals surface area contributed by atoms with Crippen LogP contribution >= 0.6 is 15.9 Å². The molecule has 0 aliphatic carbocycles. The van der Waals surface area contributed by atoms with Crippen LogP contribution in [0.15, 0.2) is 10.9 Å². The molecule has 0 spiro atoms. The predicted molar refractivity (Wildman–Crippen MR) is 68.7 cm³/mol. The van der Waals surface area contributed by atoms with E-state index in [1.165, 1.54) is 6.20 Å². The maximum absolute atomic E-state index is 8.84. The van der Waals surface area contributed by atoms with Gasteiger partial charge in [-0.2, -0.15) is 5.26 Å². The Morgan fingerprint density at radius 2 is 2.25 bits per heavy atom. The van der Waals surface area contributed by atoms with Crippen molar-refractivity contribution in [2.75, 3.05) is 6.61 Å². The Labute approximate surface area is 105 Å². The summed E-state index contributed by atoms with van der Waals surface area (Å²) in [5.74, 6) is 0. The molecule has 16 heavy (non-hydrogen) atoms. The van der Waals surface area contributed by atoms with Crippen LogP contribution in [0.5, 0.6) is 0 Å². The quantitative estimate of drug-likeness (QED) is 0.621. The van der Waals surface area contributed by atoms with Gasteiger partial charge < -0.3 is 4.74 Å². The molecular formula is C10H16BrN3OSi. The monoisotopic (exact) mass is 301 g/mol. The van der Waals surface area contributed by atoms with E-state index in [-0.39, 0.29) is 0 Å². The van der Waals surface area contributed by atoms with E-state index in [0.717, 1.165) is 12.7 Å². The van der Waals surface area contributed by atoms with Gasteiger partial charge in [0.25, 0.3) is 0 Å². The third kappa shape index (κ3) is 4.08. The second-order valence-corrected chi connectivity index (χ2v) is 11.1. The zero-order valence-electron chi connectivity index (χ0n) is 9.83. The number of imidazole rings is 1. The molecule has 0 radical (unpaired) electrons. The average molecular weight is 302 g/mol. The van der Waals surface area contributed by atoms with Crippen molar-refractivity contribution in [2.45, 2.75) is 32.4 Å². The van der Waals surface area contributed by atoms with Gasteiger partial charge in [0.05, 0.1) is 6.20 Å². The number of rotatable bonds is 5. The second-order valence-electron chi connectivity index (χ2n) is 4.80. The Kier molecular flexibility index (Phi) is 4.71. The zero-order valence-corrected chi connectivity index (χ0v) is 12.4. The fourth-order valence-electron chi connectivity index (χ4n) is 1.10. The van der Waals surface area contributed by atoms with E-state index in [1.807, 2.05) is 0 Å². The van der Waals surface area contributed by atoms with Gasteiger partial charge in [0, 0.05) is 14.7 Å². The largest absolute Gasteiger partial charge is 0.361 e. The Bertz CT molecular complexity index is 392. The zero-order chi connectivity index (χ0) is 12.2. The summed E-state index contributed by atoms with van der Waals surface area (Å²) in [5, 5.41) is 8.84. The first-order valence-corrected chi connectivity index (χ1v) is 9.63. The molecule has 0 aromatic carbocycles. The van der Waals surface area contributed by atoms with Crippen LogP contribution in [0.4, 0.5) is 0 Å². The number of hydrogen-bond donors (Lipinski definition) is 0. The number of ether oxygens (including phenoxy) is 1. The lowest BCUT2D eigenvalue weighted by atomic mass is 10.5. The molecule has 0 saturated carbocycles. The van der Waals surface area contributed by atoms with Gasteiger partial charge in [-0.3, -0.25) is 4.57 Å². The lowest BCUT2D eigenvalue weighted by molar-refractivity contribution is 0.0850. The van der Waals surface area contributed by atoms with Gasteiger partial charge in [-0.1, -0.05) is 19.6 Å². The molecule has 6 heteroatoms. The molecule has 1 aromatic rings. The van der Waals surface area contributed by atoms with Crippen LogP contribution in [0.3, 0.4) is 0 Å². The molecule has 0 aliphatic rings. The Morgan fingerprint density at radius 3 is 2.81 bits per heavy atom. The molecule has 0 aliphatic heterocycles. The summed E-state index contributed by atoms with van der Waals surface area (Å²) in [6.07, 6.45) is 1.53. The fourth-order valence-corrected chi connectivity index (χ4v) is 2.25. The molecule has 0 atom stereocenters. The summed E-state index contributed by atoms with van der Waals surface area (Å²) in [6.45, 7) is 8.05. The van der Waals surface area contributed by atoms with Crippen LogP contribution in [0, 0.1) is 11.3 Å². The summed E-state index contributed by atoms with van der Waals surface area (Å²) < 4.78 is 7.90. The first-order valence-electron chi connectivity index (χ1n) is 5.13. The molecular weight excluding hydrogens is 286 g/mol. The van der Waals surface area contributed by atoms with Crippen LogP contribution in [-0.2, 0) is 11.5 Å². The van der Waals surface area contributed by atoms with E-state index in [1.54, 1.807) is 4.57 Å². The van der Waals surface area contributed by atoms with Gasteiger partial charge in [0.15, 0.2) is 4.73 Å². The van der Waals surface area contributed by atoms with Gasteiger partial charge in [-0.15, -0.1) is 0 Å². The molecule has 0 bridgehead atoms. The van der Waals surface area contributed by atoms with Gasteiger partial charge in [0.1, 0.15) is 18.5 Å². The lowest BCUT2D eigenvalue weighted by Gasteiger charge is -2.15. The fraction of sp³-hybridized carbons (Fsp3) is 0.600. The van der Waals surface area contributed by atoms with Crippen LogP contribution in [-0.4, -0.2) is 24.2 Å². The van der Waals surface area contributed by atoms with Crippen LogP contribution in [0.25, 0.3) is 0 Å². The highest BCUT2D eigenvalue weighted by Gasteiger charge is 2.12. The number of aromatic nitrogens is 2. The summed E-state index contributed by atoms with van der Waals surface area (Å²) in [4.78, 5) is 4.00. The first kappa shape index (κ1) is 13.4. The van der Waals surface area contributed by atoms with Crippen LogP contribution < -0.4 is 0 Å². The highest BCUT2D eigenvalue weighted by molar-refractivity contribution is 9.10. The number of halogens is 1. The Hall–Kier alpha value is -0.643. The minimum atomic E-state index is -1.04. The van der Waals surface area contributed by atoms with Gasteiger partial charge >= 0.3 is 0 Å². The molecule has 0 amide bonds. The van der Waals surface area contributed by atoms with Crippen molar-refractivity contribution in [3.05, 3.63) is 16.6 Å².